The molecule has 0 radical (unpaired) electrons. The van der Waals surface area contributed by atoms with Crippen LogP contribution in [-0.2, 0) is 4.74 Å². The third kappa shape index (κ3) is 5.78. The van der Waals surface area contributed by atoms with Gasteiger partial charge in [-0.25, -0.2) is 13.6 Å². The van der Waals surface area contributed by atoms with E-state index in [-0.39, 0.29) is 29.9 Å². The molecule has 3 saturated heterocycles. The van der Waals surface area contributed by atoms with Crippen molar-refractivity contribution in [3.8, 4) is 23.3 Å². The van der Waals surface area contributed by atoms with Gasteiger partial charge < -0.3 is 19.3 Å². The summed E-state index contributed by atoms with van der Waals surface area (Å²) in [4.78, 5) is 32.4. The lowest BCUT2D eigenvalue weighted by Gasteiger charge is -2.36. The van der Waals surface area contributed by atoms with Crippen molar-refractivity contribution in [1.82, 2.24) is 24.8 Å². The highest BCUT2D eigenvalue weighted by Crippen LogP contribution is 2.41. The van der Waals surface area contributed by atoms with E-state index in [9.17, 15) is 14.4 Å². The second-order valence-corrected chi connectivity index (χ2v) is 13.7. The number of pyridine rings is 1. The number of fused-ring (bicyclic) bond motifs is 3. The highest BCUT2D eigenvalue weighted by Gasteiger charge is 2.49. The molecule has 3 aliphatic heterocycles. The van der Waals surface area contributed by atoms with Crippen LogP contribution in [0, 0.1) is 17.1 Å². The maximum absolute atomic E-state index is 16.7. The summed E-state index contributed by atoms with van der Waals surface area (Å²) in [6, 6.07) is 13.0. The number of halogens is 2. The maximum atomic E-state index is 16.7. The summed E-state index contributed by atoms with van der Waals surface area (Å²) < 4.78 is 43.0. The van der Waals surface area contributed by atoms with Crippen LogP contribution in [0.5, 0.6) is 6.01 Å². The second kappa shape index (κ2) is 11.9. The van der Waals surface area contributed by atoms with E-state index >= 15 is 4.39 Å². The Hall–Kier alpha value is -4.63. The lowest BCUT2D eigenvalue weighted by Crippen LogP contribution is -2.50. The molecule has 0 N–H and O–H groups in total. The van der Waals surface area contributed by atoms with E-state index in [1.165, 1.54) is 0 Å². The number of carbonyl (C=O) groups excluding carboxylic acids is 1. The summed E-state index contributed by atoms with van der Waals surface area (Å²) in [5.74, 6) is -0.216. The number of nitriles is 1. The first-order valence-corrected chi connectivity index (χ1v) is 16.1. The van der Waals surface area contributed by atoms with Gasteiger partial charge in [0.1, 0.15) is 35.4 Å². The minimum atomic E-state index is -0.918. The summed E-state index contributed by atoms with van der Waals surface area (Å²) in [7, 11) is 0. The SMILES string of the molecule is CC(C)(C)OC(=O)N1CCN(c2nc(OC[C@@]34CCCN3C[C@H](F)C4)nc3c(F)c(-c4cccc5cccc(C#N)c45)ncc23)CC1. The highest BCUT2D eigenvalue weighted by molar-refractivity contribution is 6.01. The Morgan fingerprint density at radius 1 is 1.11 bits per heavy atom. The summed E-state index contributed by atoms with van der Waals surface area (Å²) >= 11 is 0. The zero-order chi connectivity index (χ0) is 32.9. The van der Waals surface area contributed by atoms with Gasteiger partial charge in [-0.2, -0.15) is 15.2 Å². The van der Waals surface area contributed by atoms with E-state index < -0.39 is 23.1 Å². The number of anilines is 1. The molecular formula is C35H37F2N7O3. The van der Waals surface area contributed by atoms with Crippen LogP contribution in [0.25, 0.3) is 32.9 Å². The fourth-order valence-electron chi connectivity index (χ4n) is 7.22. The smallest absolute Gasteiger partial charge is 0.410 e. The van der Waals surface area contributed by atoms with Gasteiger partial charge in [0.15, 0.2) is 5.82 Å². The first-order valence-electron chi connectivity index (χ1n) is 16.1. The van der Waals surface area contributed by atoms with Crippen molar-refractivity contribution in [2.45, 2.75) is 57.3 Å². The average Bonchev–Trinajstić information content (AvgIpc) is 3.58. The number of piperazine rings is 1. The number of hydrogen-bond acceptors (Lipinski definition) is 9. The predicted molar refractivity (Wildman–Crippen MR) is 174 cm³/mol. The topological polar surface area (TPSA) is 108 Å². The molecule has 1 amide bonds. The molecular weight excluding hydrogens is 604 g/mol. The normalized spacial score (nSPS) is 21.7. The van der Waals surface area contributed by atoms with E-state index in [0.717, 1.165) is 24.8 Å². The molecule has 244 valence electrons. The van der Waals surface area contributed by atoms with Gasteiger partial charge in [0.25, 0.3) is 0 Å². The predicted octanol–water partition coefficient (Wildman–Crippen LogP) is 5.87. The van der Waals surface area contributed by atoms with Gasteiger partial charge in [0.2, 0.25) is 0 Å². The number of ether oxygens (including phenoxy) is 2. The quantitative estimate of drug-likeness (QED) is 0.265. The van der Waals surface area contributed by atoms with Crippen molar-refractivity contribution in [3.63, 3.8) is 0 Å². The molecule has 0 bridgehead atoms. The van der Waals surface area contributed by atoms with E-state index in [1.807, 2.05) is 37.8 Å². The van der Waals surface area contributed by atoms with Crippen LogP contribution >= 0.6 is 0 Å². The van der Waals surface area contributed by atoms with Crippen molar-refractivity contribution in [3.05, 3.63) is 54.0 Å². The monoisotopic (exact) mass is 641 g/mol. The fourth-order valence-corrected chi connectivity index (χ4v) is 7.22. The number of rotatable bonds is 5. The van der Waals surface area contributed by atoms with Crippen molar-refractivity contribution in [2.24, 2.45) is 0 Å². The Kier molecular flexibility index (Phi) is 7.83. The van der Waals surface area contributed by atoms with Crippen LogP contribution in [0.3, 0.4) is 0 Å². The molecule has 7 rings (SSSR count). The fraction of sp³-hybridized carbons (Fsp3) is 0.457. The Morgan fingerprint density at radius 2 is 1.87 bits per heavy atom. The minimum absolute atomic E-state index is 0.00251. The summed E-state index contributed by atoms with van der Waals surface area (Å²) in [6.45, 7) is 8.48. The number of amides is 1. The molecule has 4 aromatic rings. The van der Waals surface area contributed by atoms with Crippen molar-refractivity contribution < 1.29 is 23.0 Å². The van der Waals surface area contributed by atoms with Crippen molar-refractivity contribution >= 4 is 33.6 Å². The molecule has 0 spiro atoms. The van der Waals surface area contributed by atoms with Gasteiger partial charge in [0, 0.05) is 56.3 Å². The molecule has 3 fully saturated rings. The molecule has 47 heavy (non-hydrogen) atoms. The number of carbonyl (C=O) groups is 1. The number of benzene rings is 2. The summed E-state index contributed by atoms with van der Waals surface area (Å²) in [6.07, 6.45) is 2.40. The van der Waals surface area contributed by atoms with E-state index in [4.69, 9.17) is 14.5 Å². The van der Waals surface area contributed by atoms with E-state index in [1.54, 1.807) is 35.4 Å². The van der Waals surface area contributed by atoms with Gasteiger partial charge in [-0.15, -0.1) is 0 Å². The van der Waals surface area contributed by atoms with Gasteiger partial charge in [-0.3, -0.25) is 9.88 Å². The van der Waals surface area contributed by atoms with E-state index in [2.05, 4.69) is 20.9 Å². The second-order valence-electron chi connectivity index (χ2n) is 13.7. The molecule has 0 unspecified atom stereocenters. The Morgan fingerprint density at radius 3 is 2.62 bits per heavy atom. The van der Waals surface area contributed by atoms with Crippen LogP contribution < -0.4 is 9.64 Å². The molecule has 5 heterocycles. The van der Waals surface area contributed by atoms with Gasteiger partial charge >= 0.3 is 12.1 Å². The van der Waals surface area contributed by atoms with Crippen LogP contribution in [-0.4, -0.2) is 94.0 Å². The van der Waals surface area contributed by atoms with Gasteiger partial charge in [-0.05, 0) is 51.6 Å². The Labute approximate surface area is 271 Å². The van der Waals surface area contributed by atoms with Crippen LogP contribution in [0.1, 0.15) is 45.6 Å². The van der Waals surface area contributed by atoms with Gasteiger partial charge in [0.05, 0.1) is 22.6 Å². The highest BCUT2D eigenvalue weighted by atomic mass is 19.1. The Balaban J connectivity index is 1.28. The van der Waals surface area contributed by atoms with Crippen molar-refractivity contribution in [1.29, 1.82) is 5.26 Å². The molecule has 2 atom stereocenters. The van der Waals surface area contributed by atoms with Crippen LogP contribution in [0.4, 0.5) is 19.4 Å². The molecule has 2 aromatic carbocycles. The van der Waals surface area contributed by atoms with Gasteiger partial charge in [-0.1, -0.05) is 30.3 Å². The first kappa shape index (κ1) is 31.0. The Bertz CT molecular complexity index is 1900. The summed E-state index contributed by atoms with van der Waals surface area (Å²) in [5, 5.41) is 11.6. The molecule has 0 saturated carbocycles. The molecule has 0 aliphatic carbocycles. The van der Waals surface area contributed by atoms with Crippen LogP contribution in [0.2, 0.25) is 0 Å². The number of hydrogen-bond donors (Lipinski definition) is 0. The van der Waals surface area contributed by atoms with Crippen LogP contribution in [0.15, 0.2) is 42.6 Å². The minimum Gasteiger partial charge on any atom is -0.461 e. The number of alkyl halides is 1. The zero-order valence-corrected chi connectivity index (χ0v) is 26.8. The van der Waals surface area contributed by atoms with Crippen molar-refractivity contribution in [2.75, 3.05) is 50.8 Å². The molecule has 3 aliphatic rings. The number of aromatic nitrogens is 3. The molecule has 2 aromatic heterocycles. The van der Waals surface area contributed by atoms with E-state index in [0.29, 0.717) is 66.9 Å². The molecule has 10 nitrogen and oxygen atoms in total. The third-order valence-corrected chi connectivity index (χ3v) is 9.39. The standard InChI is InChI=1S/C35H37F2N7O3/c1-34(2,3)47-33(45)43-15-13-42(14-16-43)31-26-19-39-29(25-10-5-8-22-7-4-9-23(18-38)27(22)25)28(37)30(26)40-32(41-31)46-21-35-11-6-12-44(35)20-24(36)17-35/h4-5,7-10,19,24H,6,11-17,20-21H2,1-3H3/t24-,35+/m1/s1. The zero-order valence-electron chi connectivity index (χ0n) is 26.8. The third-order valence-electron chi connectivity index (χ3n) is 9.39. The number of nitrogens with zero attached hydrogens (tertiary/aromatic N) is 7. The largest absolute Gasteiger partial charge is 0.461 e. The lowest BCUT2D eigenvalue weighted by atomic mass is 9.95. The average molecular weight is 642 g/mol. The lowest BCUT2D eigenvalue weighted by molar-refractivity contribution is 0.0240. The summed E-state index contributed by atoms with van der Waals surface area (Å²) in [5.41, 5.74) is -0.0570. The maximum Gasteiger partial charge on any atom is 0.410 e. The molecule has 12 heteroatoms. The first-order chi connectivity index (χ1) is 22.5.